The summed E-state index contributed by atoms with van der Waals surface area (Å²) in [4.78, 5) is 49.1. The smallest absolute Gasteiger partial charge is 0.433 e. The van der Waals surface area contributed by atoms with Crippen LogP contribution in [-0.4, -0.2) is 85.1 Å². The van der Waals surface area contributed by atoms with Crippen molar-refractivity contribution >= 4 is 17.9 Å². The van der Waals surface area contributed by atoms with Crippen LogP contribution in [0.3, 0.4) is 0 Å². The molecule has 1 unspecified atom stereocenters. The van der Waals surface area contributed by atoms with Gasteiger partial charge in [-0.25, -0.2) is 14.8 Å². The first kappa shape index (κ1) is 31.1. The highest BCUT2D eigenvalue weighted by molar-refractivity contribution is 5.80. The molecule has 16 heteroatoms. The van der Waals surface area contributed by atoms with E-state index in [1.165, 1.54) is 44.3 Å². The van der Waals surface area contributed by atoms with Gasteiger partial charge in [0, 0.05) is 43.6 Å². The molecule has 2 aromatic heterocycles. The topological polar surface area (TPSA) is 120 Å². The van der Waals surface area contributed by atoms with Crippen LogP contribution < -0.4 is 0 Å². The van der Waals surface area contributed by atoms with Crippen LogP contribution in [0.4, 0.5) is 31.1 Å². The first-order chi connectivity index (χ1) is 19.4. The molecule has 3 amide bonds. The van der Waals surface area contributed by atoms with Crippen molar-refractivity contribution in [3.63, 3.8) is 0 Å². The van der Waals surface area contributed by atoms with Crippen molar-refractivity contribution in [1.82, 2.24) is 24.7 Å². The molecule has 2 aliphatic heterocycles. The number of hydrogen-bond acceptors (Lipinski definition) is 6. The Morgan fingerprint density at radius 3 is 2.38 bits per heavy atom. The number of furan rings is 1. The number of hydrogen-bond donors (Lipinski definition) is 1. The molecule has 230 valence electrons. The minimum absolute atomic E-state index is 0.0432. The summed E-state index contributed by atoms with van der Waals surface area (Å²) in [6.45, 7) is 2.98. The molecule has 1 fully saturated rings. The third kappa shape index (κ3) is 6.62. The monoisotopic (exact) mass is 605 g/mol. The second-order valence-electron chi connectivity index (χ2n) is 11.3. The average Bonchev–Trinajstić information content (AvgIpc) is 3.51. The Kier molecular flexibility index (Phi) is 8.21. The van der Waals surface area contributed by atoms with Crippen LogP contribution >= 0.6 is 0 Å². The second-order valence-corrected chi connectivity index (χ2v) is 11.3. The molecule has 0 bridgehead atoms. The van der Waals surface area contributed by atoms with Crippen LogP contribution in [0.2, 0.25) is 0 Å². The van der Waals surface area contributed by atoms with Gasteiger partial charge >= 0.3 is 18.4 Å². The molecular formula is C26H29F6N5O5. The van der Waals surface area contributed by atoms with E-state index in [4.69, 9.17) is 4.42 Å². The van der Waals surface area contributed by atoms with Crippen LogP contribution in [0.1, 0.15) is 50.6 Å². The highest BCUT2D eigenvalue weighted by atomic mass is 19.4. The Hall–Kier alpha value is -3.85. The van der Waals surface area contributed by atoms with Crippen molar-refractivity contribution in [3.05, 3.63) is 35.5 Å². The predicted molar refractivity (Wildman–Crippen MR) is 133 cm³/mol. The molecule has 42 heavy (non-hydrogen) atoms. The second kappa shape index (κ2) is 11.1. The standard InChI is InChI=1S/C26H29F6N5O5/c1-24(2,3)37(23(40)41)16(11-36-10-15(8-19(36)38)25(27,28)29)9-20(39)35-6-4-17-18(12-35)33-22(14-5-7-42-13-14)34-21(17)26(30,31)32/h5,7,13,15-16H,4,6,8-12H2,1-3H3,(H,40,41)/t15?,16-/m0/s1. The average molecular weight is 606 g/mol. The summed E-state index contributed by atoms with van der Waals surface area (Å²) in [6, 6.07) is 0.152. The van der Waals surface area contributed by atoms with Gasteiger partial charge in [-0.05, 0) is 33.3 Å². The van der Waals surface area contributed by atoms with Crippen LogP contribution in [0.5, 0.6) is 0 Å². The van der Waals surface area contributed by atoms with E-state index in [2.05, 4.69) is 9.97 Å². The SMILES string of the molecule is CC(C)(C)N(C(=O)O)[C@@H](CC(=O)N1CCc2c(nc(-c3ccoc3)nc2C(F)(F)F)C1)CN1CC(C(F)(F)F)CC1=O. The van der Waals surface area contributed by atoms with Crippen molar-refractivity contribution in [1.29, 1.82) is 0 Å². The summed E-state index contributed by atoms with van der Waals surface area (Å²) >= 11 is 0. The molecule has 0 spiro atoms. The highest BCUT2D eigenvalue weighted by Gasteiger charge is 2.48. The number of halogens is 6. The summed E-state index contributed by atoms with van der Waals surface area (Å²) in [5.74, 6) is -3.64. The Balaban J connectivity index is 1.61. The number of amides is 3. The van der Waals surface area contributed by atoms with Gasteiger partial charge < -0.3 is 19.3 Å². The van der Waals surface area contributed by atoms with Gasteiger partial charge in [0.2, 0.25) is 11.8 Å². The molecule has 0 aliphatic carbocycles. The van der Waals surface area contributed by atoms with Gasteiger partial charge in [0.15, 0.2) is 11.5 Å². The van der Waals surface area contributed by atoms with Crippen LogP contribution in [0, 0.1) is 5.92 Å². The number of carbonyl (C=O) groups is 3. The Bertz CT molecular complexity index is 1340. The summed E-state index contributed by atoms with van der Waals surface area (Å²) in [7, 11) is 0. The fraction of sp³-hybridized carbons (Fsp3) is 0.577. The number of aromatic nitrogens is 2. The van der Waals surface area contributed by atoms with E-state index in [0.717, 1.165) is 9.80 Å². The van der Waals surface area contributed by atoms with Crippen LogP contribution in [0.15, 0.2) is 23.0 Å². The van der Waals surface area contributed by atoms with E-state index in [0.29, 0.717) is 0 Å². The van der Waals surface area contributed by atoms with Gasteiger partial charge in [-0.15, -0.1) is 0 Å². The molecule has 4 rings (SSSR count). The normalized spacial score (nSPS) is 18.7. The molecular weight excluding hydrogens is 576 g/mol. The Morgan fingerprint density at radius 1 is 1.17 bits per heavy atom. The number of likely N-dealkylation sites (tertiary alicyclic amines) is 1. The maximum absolute atomic E-state index is 13.9. The quantitative estimate of drug-likeness (QED) is 0.479. The number of carbonyl (C=O) groups excluding carboxylic acids is 2. The van der Waals surface area contributed by atoms with Crippen LogP contribution in [-0.2, 0) is 28.7 Å². The minimum atomic E-state index is -4.80. The molecule has 10 nitrogen and oxygen atoms in total. The molecule has 4 heterocycles. The summed E-state index contributed by atoms with van der Waals surface area (Å²) in [5, 5.41) is 9.97. The number of rotatable bonds is 6. The van der Waals surface area contributed by atoms with Gasteiger partial charge in [-0.2, -0.15) is 26.3 Å². The van der Waals surface area contributed by atoms with Gasteiger partial charge in [-0.3, -0.25) is 14.5 Å². The van der Waals surface area contributed by atoms with Crippen molar-refractivity contribution < 1.29 is 50.2 Å². The van der Waals surface area contributed by atoms with E-state index >= 15 is 0 Å². The molecule has 0 saturated carbocycles. The van der Waals surface area contributed by atoms with Crippen LogP contribution in [0.25, 0.3) is 11.4 Å². The van der Waals surface area contributed by atoms with E-state index < -0.39 is 79.4 Å². The van der Waals surface area contributed by atoms with E-state index in [-0.39, 0.29) is 42.2 Å². The maximum atomic E-state index is 13.9. The van der Waals surface area contributed by atoms with Crippen molar-refractivity contribution in [2.75, 3.05) is 19.6 Å². The molecule has 0 aromatic carbocycles. The third-order valence-corrected chi connectivity index (χ3v) is 7.28. The molecule has 2 aromatic rings. The summed E-state index contributed by atoms with van der Waals surface area (Å²) < 4.78 is 86.4. The summed E-state index contributed by atoms with van der Waals surface area (Å²) in [5.41, 5.74) is -2.26. The number of fused-ring (bicyclic) bond motifs is 1. The lowest BCUT2D eigenvalue weighted by molar-refractivity contribution is -0.171. The number of nitrogens with zero attached hydrogens (tertiary/aromatic N) is 5. The fourth-order valence-corrected chi connectivity index (χ4v) is 5.38. The van der Waals surface area contributed by atoms with E-state index in [1.807, 2.05) is 0 Å². The van der Waals surface area contributed by atoms with Crippen molar-refractivity contribution in [2.45, 2.75) is 70.5 Å². The number of carboxylic acid groups (broad SMARTS) is 1. The van der Waals surface area contributed by atoms with Gasteiger partial charge in [0.25, 0.3) is 0 Å². The van der Waals surface area contributed by atoms with Gasteiger partial charge in [0.1, 0.15) is 6.26 Å². The first-order valence-corrected chi connectivity index (χ1v) is 13.0. The van der Waals surface area contributed by atoms with E-state index in [1.54, 1.807) is 0 Å². The highest BCUT2D eigenvalue weighted by Crippen LogP contribution is 2.37. The lowest BCUT2D eigenvalue weighted by Gasteiger charge is -2.41. The Labute approximate surface area is 236 Å². The lowest BCUT2D eigenvalue weighted by atomic mass is 9.99. The van der Waals surface area contributed by atoms with Crippen molar-refractivity contribution in [2.24, 2.45) is 5.92 Å². The fourth-order valence-electron chi connectivity index (χ4n) is 5.38. The van der Waals surface area contributed by atoms with E-state index in [9.17, 15) is 45.8 Å². The largest absolute Gasteiger partial charge is 0.472 e. The third-order valence-electron chi connectivity index (χ3n) is 7.28. The zero-order chi connectivity index (χ0) is 31.2. The molecule has 0 radical (unpaired) electrons. The van der Waals surface area contributed by atoms with Gasteiger partial charge in [-0.1, -0.05) is 0 Å². The summed E-state index contributed by atoms with van der Waals surface area (Å²) in [6.07, 6.45) is -9.99. The maximum Gasteiger partial charge on any atom is 0.433 e. The molecule has 1 N–H and O–H groups in total. The number of alkyl halides is 6. The first-order valence-electron chi connectivity index (χ1n) is 13.0. The molecule has 1 saturated heterocycles. The van der Waals surface area contributed by atoms with Gasteiger partial charge in [0.05, 0.1) is 36.0 Å². The lowest BCUT2D eigenvalue weighted by Crippen LogP contribution is -2.56. The van der Waals surface area contributed by atoms with Crippen molar-refractivity contribution in [3.8, 4) is 11.4 Å². The zero-order valence-electron chi connectivity index (χ0n) is 22.9. The molecule has 2 atom stereocenters. The minimum Gasteiger partial charge on any atom is -0.472 e. The predicted octanol–water partition coefficient (Wildman–Crippen LogP) is 4.59. The Morgan fingerprint density at radius 2 is 1.86 bits per heavy atom. The zero-order valence-corrected chi connectivity index (χ0v) is 22.9. The molecule has 2 aliphatic rings.